The van der Waals surface area contributed by atoms with Gasteiger partial charge in [0.15, 0.2) is 0 Å². The van der Waals surface area contributed by atoms with E-state index in [1.165, 1.54) is 6.20 Å². The molecule has 0 fully saturated rings. The Labute approximate surface area is 87.6 Å². The van der Waals surface area contributed by atoms with Gasteiger partial charge in [0.2, 0.25) is 0 Å². The number of nitrogens with zero attached hydrogens (tertiary/aromatic N) is 2. The molecule has 2 nitrogen and oxygen atoms in total. The van der Waals surface area contributed by atoms with Crippen LogP contribution in [0.25, 0.3) is 5.03 Å². The summed E-state index contributed by atoms with van der Waals surface area (Å²) in [6, 6.07) is 0. The van der Waals surface area contributed by atoms with Crippen LogP contribution in [0.15, 0.2) is 12.3 Å². The third-order valence-corrected chi connectivity index (χ3v) is 2.21. The van der Waals surface area contributed by atoms with E-state index >= 15 is 0 Å². The zero-order valence-corrected chi connectivity index (χ0v) is 9.02. The summed E-state index contributed by atoms with van der Waals surface area (Å²) in [5, 5.41) is 1.02. The lowest BCUT2D eigenvalue weighted by Gasteiger charge is -2.03. The highest BCUT2D eigenvalue weighted by molar-refractivity contribution is 6.48. The summed E-state index contributed by atoms with van der Waals surface area (Å²) in [4.78, 5) is 8.26. The second kappa shape index (κ2) is 4.58. The summed E-state index contributed by atoms with van der Waals surface area (Å²) >= 11 is 11.6. The van der Waals surface area contributed by atoms with E-state index in [2.05, 4.69) is 9.97 Å². The first-order valence-corrected chi connectivity index (χ1v) is 4.78. The Bertz CT molecular complexity index is 334. The Morgan fingerprint density at radius 2 is 2.31 bits per heavy atom. The van der Waals surface area contributed by atoms with Crippen molar-refractivity contribution in [3.8, 4) is 0 Å². The van der Waals surface area contributed by atoms with Crippen LogP contribution in [0.2, 0.25) is 5.15 Å². The van der Waals surface area contributed by atoms with Gasteiger partial charge in [-0.05, 0) is 13.3 Å². The highest BCUT2D eigenvalue weighted by Gasteiger charge is 2.07. The number of aromatic nitrogens is 2. The Balaban J connectivity index is 3.21. The zero-order chi connectivity index (χ0) is 9.84. The predicted molar refractivity (Wildman–Crippen MR) is 55.9 cm³/mol. The SMILES string of the molecule is C/C=C(/Cl)c1ncc(Cl)nc1CC. The number of rotatable bonds is 2. The van der Waals surface area contributed by atoms with E-state index in [0.29, 0.717) is 10.2 Å². The maximum Gasteiger partial charge on any atom is 0.147 e. The van der Waals surface area contributed by atoms with Crippen molar-refractivity contribution < 1.29 is 0 Å². The molecule has 0 aliphatic heterocycles. The van der Waals surface area contributed by atoms with Crippen molar-refractivity contribution in [1.82, 2.24) is 9.97 Å². The standard InChI is InChI=1S/C9H10Cl2N2/c1-3-6(10)9-7(4-2)13-8(11)5-12-9/h3,5H,4H2,1-2H3/b6-3+. The molecule has 0 radical (unpaired) electrons. The van der Waals surface area contributed by atoms with Gasteiger partial charge >= 0.3 is 0 Å². The van der Waals surface area contributed by atoms with Crippen LogP contribution < -0.4 is 0 Å². The van der Waals surface area contributed by atoms with E-state index in [4.69, 9.17) is 23.2 Å². The smallest absolute Gasteiger partial charge is 0.147 e. The molecule has 0 aliphatic carbocycles. The molecule has 4 heteroatoms. The van der Waals surface area contributed by atoms with Crippen LogP contribution in [0.5, 0.6) is 0 Å². The molecule has 70 valence electrons. The minimum absolute atomic E-state index is 0.404. The molecule has 1 heterocycles. The average Bonchev–Trinajstić information content (AvgIpc) is 2.16. The number of aryl methyl sites for hydroxylation is 1. The van der Waals surface area contributed by atoms with Crippen LogP contribution in [0.1, 0.15) is 25.2 Å². The second-order valence-electron chi connectivity index (χ2n) is 2.48. The number of halogens is 2. The molecule has 0 saturated carbocycles. The fourth-order valence-corrected chi connectivity index (χ4v) is 1.29. The van der Waals surface area contributed by atoms with E-state index in [-0.39, 0.29) is 0 Å². The lowest BCUT2D eigenvalue weighted by atomic mass is 10.2. The molecule has 0 amide bonds. The summed E-state index contributed by atoms with van der Waals surface area (Å²) < 4.78 is 0. The predicted octanol–water partition coefficient (Wildman–Crippen LogP) is 3.29. The minimum Gasteiger partial charge on any atom is -0.250 e. The van der Waals surface area contributed by atoms with E-state index in [1.807, 2.05) is 13.8 Å². The molecule has 0 spiro atoms. The Morgan fingerprint density at radius 3 is 2.85 bits per heavy atom. The largest absolute Gasteiger partial charge is 0.250 e. The molecule has 13 heavy (non-hydrogen) atoms. The van der Waals surface area contributed by atoms with E-state index < -0.39 is 0 Å². The van der Waals surface area contributed by atoms with E-state index in [9.17, 15) is 0 Å². The summed E-state index contributed by atoms with van der Waals surface area (Å²) in [7, 11) is 0. The maximum atomic E-state index is 5.94. The van der Waals surface area contributed by atoms with Crippen LogP contribution in [-0.4, -0.2) is 9.97 Å². The van der Waals surface area contributed by atoms with Crippen molar-refractivity contribution in [3.05, 3.63) is 28.8 Å². The van der Waals surface area contributed by atoms with Crippen molar-refractivity contribution in [2.24, 2.45) is 0 Å². The molecule has 0 aliphatic rings. The summed E-state index contributed by atoms with van der Waals surface area (Å²) in [6.07, 6.45) is 4.06. The summed E-state index contributed by atoms with van der Waals surface area (Å²) in [6.45, 7) is 3.85. The normalized spacial score (nSPS) is 11.8. The number of allylic oxidation sites excluding steroid dienone is 1. The van der Waals surface area contributed by atoms with Crippen LogP contribution >= 0.6 is 23.2 Å². The average molecular weight is 217 g/mol. The first-order chi connectivity index (χ1) is 6.19. The molecule has 0 bridgehead atoms. The quantitative estimate of drug-likeness (QED) is 0.759. The van der Waals surface area contributed by atoms with Crippen LogP contribution in [-0.2, 0) is 6.42 Å². The van der Waals surface area contributed by atoms with Crippen molar-refractivity contribution in [2.45, 2.75) is 20.3 Å². The van der Waals surface area contributed by atoms with Gasteiger partial charge in [-0.2, -0.15) is 0 Å². The van der Waals surface area contributed by atoms with Crippen molar-refractivity contribution in [1.29, 1.82) is 0 Å². The number of hydrogen-bond donors (Lipinski definition) is 0. The molecule has 1 aromatic heterocycles. The lowest BCUT2D eigenvalue weighted by molar-refractivity contribution is 0.987. The number of hydrogen-bond acceptors (Lipinski definition) is 2. The molecule has 1 rings (SSSR count). The second-order valence-corrected chi connectivity index (χ2v) is 3.27. The molecule has 1 aromatic rings. The highest BCUT2D eigenvalue weighted by atomic mass is 35.5. The van der Waals surface area contributed by atoms with Gasteiger partial charge in [0, 0.05) is 0 Å². The van der Waals surface area contributed by atoms with Gasteiger partial charge in [0.05, 0.1) is 16.9 Å². The molecule has 0 saturated heterocycles. The monoisotopic (exact) mass is 216 g/mol. The Hall–Kier alpha value is -0.600. The first kappa shape index (κ1) is 10.5. The summed E-state index contributed by atoms with van der Waals surface area (Å²) in [5.41, 5.74) is 1.55. The molecule has 0 N–H and O–H groups in total. The first-order valence-electron chi connectivity index (χ1n) is 4.02. The molecule has 0 aromatic carbocycles. The van der Waals surface area contributed by atoms with Gasteiger partial charge in [0.1, 0.15) is 10.8 Å². The van der Waals surface area contributed by atoms with Crippen LogP contribution in [0, 0.1) is 0 Å². The van der Waals surface area contributed by atoms with Crippen molar-refractivity contribution >= 4 is 28.2 Å². The Kier molecular flexibility index (Phi) is 3.70. The van der Waals surface area contributed by atoms with Crippen LogP contribution in [0.3, 0.4) is 0 Å². The molecular formula is C9H10Cl2N2. The molecule has 0 unspecified atom stereocenters. The molecule has 0 atom stereocenters. The van der Waals surface area contributed by atoms with Crippen molar-refractivity contribution in [2.75, 3.05) is 0 Å². The van der Waals surface area contributed by atoms with Crippen LogP contribution in [0.4, 0.5) is 0 Å². The minimum atomic E-state index is 0.404. The van der Waals surface area contributed by atoms with E-state index in [1.54, 1.807) is 6.08 Å². The lowest BCUT2D eigenvalue weighted by Crippen LogP contribution is -1.97. The molecular weight excluding hydrogens is 207 g/mol. The van der Waals surface area contributed by atoms with Gasteiger partial charge in [-0.25, -0.2) is 4.98 Å². The highest BCUT2D eigenvalue weighted by Crippen LogP contribution is 2.20. The fourth-order valence-electron chi connectivity index (χ4n) is 0.986. The van der Waals surface area contributed by atoms with Gasteiger partial charge in [-0.3, -0.25) is 4.98 Å². The van der Waals surface area contributed by atoms with Gasteiger partial charge in [-0.1, -0.05) is 36.2 Å². The van der Waals surface area contributed by atoms with Crippen molar-refractivity contribution in [3.63, 3.8) is 0 Å². The van der Waals surface area contributed by atoms with Gasteiger partial charge in [-0.15, -0.1) is 0 Å². The summed E-state index contributed by atoms with van der Waals surface area (Å²) in [5.74, 6) is 0. The zero-order valence-electron chi connectivity index (χ0n) is 7.51. The third-order valence-electron chi connectivity index (χ3n) is 1.63. The van der Waals surface area contributed by atoms with Gasteiger partial charge in [0.25, 0.3) is 0 Å². The topological polar surface area (TPSA) is 25.8 Å². The fraction of sp³-hybridized carbons (Fsp3) is 0.333. The van der Waals surface area contributed by atoms with Gasteiger partial charge < -0.3 is 0 Å². The maximum absolute atomic E-state index is 5.94. The van der Waals surface area contributed by atoms with E-state index in [0.717, 1.165) is 17.8 Å². The Morgan fingerprint density at radius 1 is 1.62 bits per heavy atom. The third kappa shape index (κ3) is 2.42.